The molecule has 1 heterocycles. The van der Waals surface area contributed by atoms with E-state index in [1.807, 2.05) is 0 Å². The molecular weight excluding hydrogens is 372 g/mol. The molecule has 0 atom stereocenters. The summed E-state index contributed by atoms with van der Waals surface area (Å²) >= 11 is 0. The van der Waals surface area contributed by atoms with Gasteiger partial charge in [0.05, 0.1) is 26.2 Å². The third-order valence-electron chi connectivity index (χ3n) is 4.41. The average Bonchev–Trinajstić information content (AvgIpc) is 2.55. The maximum absolute atomic E-state index is 11.3. The molecule has 1 fully saturated rings. The minimum Gasteiger partial charge on any atom is -0.480 e. The Kier molecular flexibility index (Phi) is 10.4. The number of rotatable bonds is 8. The van der Waals surface area contributed by atoms with Gasteiger partial charge in [-0.3, -0.25) is 38.8 Å². The van der Waals surface area contributed by atoms with E-state index in [1.54, 1.807) is 19.6 Å². The Morgan fingerprint density at radius 2 is 0.750 bits per heavy atom. The van der Waals surface area contributed by atoms with Crippen LogP contribution in [0.3, 0.4) is 0 Å². The van der Waals surface area contributed by atoms with Gasteiger partial charge in [0.2, 0.25) is 11.8 Å². The smallest absolute Gasteiger partial charge is 0.317 e. The van der Waals surface area contributed by atoms with Crippen molar-refractivity contribution >= 4 is 23.8 Å². The lowest BCUT2D eigenvalue weighted by Crippen LogP contribution is -2.49. The standard InChI is InChI=1S/C16H30N6O6/c17-13(23)9-19-1-5-21(11-15(25)26)7-3-20(10-14(18)24)4-8-22(6-2-19)12-16(27)28/h1-12H2,(H2,17,23)(H2,18,24)(H,25,26)(H,27,28). The Bertz CT molecular complexity index is 448. The van der Waals surface area contributed by atoms with E-state index < -0.39 is 23.8 Å². The Balaban J connectivity index is 2.90. The average molecular weight is 402 g/mol. The van der Waals surface area contributed by atoms with Crippen LogP contribution in [0.25, 0.3) is 0 Å². The largest absolute Gasteiger partial charge is 0.480 e. The van der Waals surface area contributed by atoms with Crippen LogP contribution in [0.4, 0.5) is 0 Å². The van der Waals surface area contributed by atoms with Crippen molar-refractivity contribution in [2.75, 3.05) is 78.5 Å². The number of carbonyl (C=O) groups is 4. The number of nitrogens with two attached hydrogens (primary N) is 2. The lowest BCUT2D eigenvalue weighted by molar-refractivity contribution is -0.139. The summed E-state index contributed by atoms with van der Waals surface area (Å²) in [5, 5.41) is 18.2. The van der Waals surface area contributed by atoms with E-state index in [1.165, 1.54) is 0 Å². The fourth-order valence-corrected chi connectivity index (χ4v) is 3.03. The molecule has 6 N–H and O–H groups in total. The van der Waals surface area contributed by atoms with Gasteiger partial charge in [0.15, 0.2) is 0 Å². The molecule has 160 valence electrons. The predicted octanol–water partition coefficient (Wildman–Crippen LogP) is -3.65. The van der Waals surface area contributed by atoms with Crippen molar-refractivity contribution in [2.45, 2.75) is 0 Å². The summed E-state index contributed by atoms with van der Waals surface area (Å²) in [6.07, 6.45) is 0. The molecule has 0 unspecified atom stereocenters. The first-order valence-electron chi connectivity index (χ1n) is 9.05. The number of amides is 2. The van der Waals surface area contributed by atoms with Crippen molar-refractivity contribution < 1.29 is 29.4 Å². The minimum absolute atomic E-state index is 0.00955. The molecular formula is C16H30N6O6. The van der Waals surface area contributed by atoms with Gasteiger partial charge in [-0.05, 0) is 0 Å². The van der Waals surface area contributed by atoms with Crippen molar-refractivity contribution in [3.8, 4) is 0 Å². The van der Waals surface area contributed by atoms with E-state index >= 15 is 0 Å². The predicted molar refractivity (Wildman–Crippen MR) is 99.4 cm³/mol. The van der Waals surface area contributed by atoms with E-state index in [4.69, 9.17) is 21.7 Å². The van der Waals surface area contributed by atoms with Crippen LogP contribution in [0.2, 0.25) is 0 Å². The maximum atomic E-state index is 11.3. The first-order valence-corrected chi connectivity index (χ1v) is 9.05. The highest BCUT2D eigenvalue weighted by Gasteiger charge is 2.20. The van der Waals surface area contributed by atoms with Crippen LogP contribution >= 0.6 is 0 Å². The normalized spacial score (nSPS) is 19.4. The Morgan fingerprint density at radius 1 is 0.536 bits per heavy atom. The molecule has 0 aliphatic carbocycles. The second kappa shape index (κ2) is 12.2. The highest BCUT2D eigenvalue weighted by Crippen LogP contribution is 2.01. The molecule has 1 aliphatic rings. The number of hydrogen-bond acceptors (Lipinski definition) is 8. The second-order valence-corrected chi connectivity index (χ2v) is 6.82. The molecule has 0 bridgehead atoms. The SMILES string of the molecule is NC(=O)CN1CCN(CC(=O)O)CCN(CC(N)=O)CCN(CC(=O)O)CC1. The van der Waals surface area contributed by atoms with Gasteiger partial charge in [-0.1, -0.05) is 0 Å². The van der Waals surface area contributed by atoms with Gasteiger partial charge in [-0.25, -0.2) is 0 Å². The van der Waals surface area contributed by atoms with Crippen LogP contribution in [0.1, 0.15) is 0 Å². The molecule has 12 nitrogen and oxygen atoms in total. The molecule has 1 aliphatic heterocycles. The summed E-state index contributed by atoms with van der Waals surface area (Å²) in [4.78, 5) is 51.9. The van der Waals surface area contributed by atoms with Crippen molar-refractivity contribution in [2.24, 2.45) is 11.5 Å². The Morgan fingerprint density at radius 3 is 0.929 bits per heavy atom. The molecule has 0 aromatic carbocycles. The Labute approximate surface area is 163 Å². The van der Waals surface area contributed by atoms with E-state index in [-0.39, 0.29) is 26.2 Å². The van der Waals surface area contributed by atoms with E-state index in [0.29, 0.717) is 52.4 Å². The van der Waals surface area contributed by atoms with Crippen LogP contribution in [0, 0.1) is 0 Å². The van der Waals surface area contributed by atoms with Crippen molar-refractivity contribution in [3.05, 3.63) is 0 Å². The lowest BCUT2D eigenvalue weighted by atomic mass is 10.3. The summed E-state index contributed by atoms with van der Waals surface area (Å²) in [5.41, 5.74) is 10.6. The molecule has 0 aromatic heterocycles. The van der Waals surface area contributed by atoms with Crippen LogP contribution in [0.5, 0.6) is 0 Å². The zero-order valence-electron chi connectivity index (χ0n) is 16.0. The fraction of sp³-hybridized carbons (Fsp3) is 0.750. The molecule has 0 saturated carbocycles. The summed E-state index contributed by atoms with van der Waals surface area (Å²) in [6.45, 7) is 2.89. The molecule has 0 radical (unpaired) electrons. The Hall–Kier alpha value is -2.28. The maximum Gasteiger partial charge on any atom is 0.317 e. The number of carboxylic acid groups (broad SMARTS) is 2. The molecule has 1 saturated heterocycles. The quantitative estimate of drug-likeness (QED) is 0.317. The number of carboxylic acids is 2. The van der Waals surface area contributed by atoms with Crippen LogP contribution in [-0.4, -0.2) is 132 Å². The summed E-state index contributed by atoms with van der Waals surface area (Å²) in [7, 11) is 0. The van der Waals surface area contributed by atoms with Gasteiger partial charge in [0.25, 0.3) is 0 Å². The third-order valence-corrected chi connectivity index (χ3v) is 4.41. The topological polar surface area (TPSA) is 174 Å². The summed E-state index contributed by atoms with van der Waals surface area (Å²) in [6, 6.07) is 0. The van der Waals surface area contributed by atoms with E-state index in [2.05, 4.69) is 0 Å². The van der Waals surface area contributed by atoms with E-state index in [9.17, 15) is 19.2 Å². The van der Waals surface area contributed by atoms with Crippen LogP contribution in [0.15, 0.2) is 0 Å². The molecule has 1 rings (SSSR count). The monoisotopic (exact) mass is 402 g/mol. The molecule has 28 heavy (non-hydrogen) atoms. The summed E-state index contributed by atoms with van der Waals surface area (Å²) in [5.74, 6) is -2.95. The van der Waals surface area contributed by atoms with Gasteiger partial charge in [0, 0.05) is 52.4 Å². The van der Waals surface area contributed by atoms with Gasteiger partial charge in [-0.2, -0.15) is 0 Å². The molecule has 0 aromatic rings. The zero-order chi connectivity index (χ0) is 21.1. The number of hydrogen-bond donors (Lipinski definition) is 4. The minimum atomic E-state index is -0.970. The fourth-order valence-electron chi connectivity index (χ4n) is 3.03. The summed E-state index contributed by atoms with van der Waals surface area (Å²) < 4.78 is 0. The number of carbonyl (C=O) groups excluding carboxylic acids is 2. The van der Waals surface area contributed by atoms with Gasteiger partial charge < -0.3 is 21.7 Å². The highest BCUT2D eigenvalue weighted by atomic mass is 16.4. The molecule has 12 heteroatoms. The van der Waals surface area contributed by atoms with Crippen LogP contribution in [-0.2, 0) is 19.2 Å². The molecule has 2 amide bonds. The second-order valence-electron chi connectivity index (χ2n) is 6.82. The highest BCUT2D eigenvalue weighted by molar-refractivity contribution is 5.76. The number of primary amides is 2. The van der Waals surface area contributed by atoms with E-state index in [0.717, 1.165) is 0 Å². The van der Waals surface area contributed by atoms with Crippen molar-refractivity contribution in [3.63, 3.8) is 0 Å². The lowest BCUT2D eigenvalue weighted by Gasteiger charge is -2.32. The van der Waals surface area contributed by atoms with Gasteiger partial charge in [-0.15, -0.1) is 0 Å². The van der Waals surface area contributed by atoms with Crippen molar-refractivity contribution in [1.29, 1.82) is 0 Å². The van der Waals surface area contributed by atoms with Gasteiger partial charge >= 0.3 is 11.9 Å². The zero-order valence-corrected chi connectivity index (χ0v) is 16.0. The van der Waals surface area contributed by atoms with Crippen molar-refractivity contribution in [1.82, 2.24) is 19.6 Å². The first-order chi connectivity index (χ1) is 13.2. The first kappa shape index (κ1) is 23.8. The third kappa shape index (κ3) is 10.8. The number of aliphatic carboxylic acids is 2. The van der Waals surface area contributed by atoms with Crippen LogP contribution < -0.4 is 11.5 Å². The van der Waals surface area contributed by atoms with Gasteiger partial charge in [0.1, 0.15) is 0 Å². The molecule has 0 spiro atoms. The number of nitrogens with zero attached hydrogens (tertiary/aromatic N) is 4.